The molecule has 1 aromatic heterocycles. The molecule has 0 aliphatic heterocycles. The van der Waals surface area contributed by atoms with Crippen LogP contribution in [0, 0.1) is 0 Å². The zero-order valence-electron chi connectivity index (χ0n) is 11.7. The van der Waals surface area contributed by atoms with E-state index in [0.29, 0.717) is 5.75 Å². The van der Waals surface area contributed by atoms with E-state index >= 15 is 0 Å². The van der Waals surface area contributed by atoms with Gasteiger partial charge in [-0.15, -0.1) is 11.8 Å². The first kappa shape index (κ1) is 13.8. The van der Waals surface area contributed by atoms with Gasteiger partial charge in [-0.05, 0) is 18.2 Å². The molecule has 3 nitrogen and oxygen atoms in total. The van der Waals surface area contributed by atoms with Crippen LogP contribution in [-0.2, 0) is 5.75 Å². The maximum absolute atomic E-state index is 5.78. The number of aromatic nitrogens is 1. The monoisotopic (exact) mass is 297 g/mol. The fourth-order valence-electron chi connectivity index (χ4n) is 1.95. The van der Waals surface area contributed by atoms with Gasteiger partial charge in [0.1, 0.15) is 5.75 Å². The molecule has 0 bridgehead atoms. The normalized spacial score (nSPS) is 10.5. The summed E-state index contributed by atoms with van der Waals surface area (Å²) >= 11 is 1.68. The van der Waals surface area contributed by atoms with Gasteiger partial charge < -0.3 is 9.15 Å². The van der Waals surface area contributed by atoms with Gasteiger partial charge in [0.05, 0.1) is 19.1 Å². The SMILES string of the molecule is COc1cccc(SCc2ncc(-c3ccccc3)o2)c1. The summed E-state index contributed by atoms with van der Waals surface area (Å²) in [5.74, 6) is 3.08. The Kier molecular flexibility index (Phi) is 4.26. The number of ether oxygens (including phenoxy) is 1. The van der Waals surface area contributed by atoms with Crippen LogP contribution < -0.4 is 4.74 Å². The lowest BCUT2D eigenvalue weighted by Gasteiger charge is -2.02. The van der Waals surface area contributed by atoms with Gasteiger partial charge in [0, 0.05) is 10.5 Å². The van der Waals surface area contributed by atoms with Gasteiger partial charge in [0.2, 0.25) is 5.89 Å². The lowest BCUT2D eigenvalue weighted by Crippen LogP contribution is -1.83. The molecule has 1 heterocycles. The van der Waals surface area contributed by atoms with E-state index in [4.69, 9.17) is 9.15 Å². The van der Waals surface area contributed by atoms with Crippen LogP contribution in [-0.4, -0.2) is 12.1 Å². The molecular formula is C17H15NO2S. The topological polar surface area (TPSA) is 35.3 Å². The molecule has 0 amide bonds. The minimum absolute atomic E-state index is 0.694. The lowest BCUT2D eigenvalue weighted by atomic mass is 10.2. The zero-order valence-corrected chi connectivity index (χ0v) is 12.5. The van der Waals surface area contributed by atoms with Crippen LogP contribution in [0.5, 0.6) is 5.75 Å². The third-order valence-corrected chi connectivity index (χ3v) is 3.99. The molecule has 2 aromatic carbocycles. The van der Waals surface area contributed by atoms with Crippen molar-refractivity contribution in [3.8, 4) is 17.1 Å². The highest BCUT2D eigenvalue weighted by molar-refractivity contribution is 7.98. The minimum Gasteiger partial charge on any atom is -0.497 e. The first-order valence-corrected chi connectivity index (χ1v) is 7.61. The molecule has 0 atom stereocenters. The van der Waals surface area contributed by atoms with Crippen molar-refractivity contribution in [1.82, 2.24) is 4.98 Å². The average Bonchev–Trinajstić information content (AvgIpc) is 3.03. The van der Waals surface area contributed by atoms with Gasteiger partial charge in [0.25, 0.3) is 0 Å². The molecule has 3 rings (SSSR count). The van der Waals surface area contributed by atoms with Crippen molar-refractivity contribution in [3.63, 3.8) is 0 Å². The van der Waals surface area contributed by atoms with Gasteiger partial charge in [0.15, 0.2) is 5.76 Å². The number of thioether (sulfide) groups is 1. The van der Waals surface area contributed by atoms with Gasteiger partial charge in [-0.3, -0.25) is 0 Å². The van der Waals surface area contributed by atoms with Crippen molar-refractivity contribution in [3.05, 3.63) is 66.7 Å². The van der Waals surface area contributed by atoms with E-state index in [2.05, 4.69) is 4.98 Å². The second kappa shape index (κ2) is 6.50. The van der Waals surface area contributed by atoms with Crippen molar-refractivity contribution >= 4 is 11.8 Å². The average molecular weight is 297 g/mol. The summed E-state index contributed by atoms with van der Waals surface area (Å²) in [6.45, 7) is 0. The van der Waals surface area contributed by atoms with Crippen LogP contribution in [0.2, 0.25) is 0 Å². The molecule has 0 aliphatic carbocycles. The van der Waals surface area contributed by atoms with Crippen LogP contribution in [0.1, 0.15) is 5.89 Å². The molecule has 4 heteroatoms. The van der Waals surface area contributed by atoms with E-state index in [9.17, 15) is 0 Å². The predicted octanol–water partition coefficient (Wildman–Crippen LogP) is 4.64. The van der Waals surface area contributed by atoms with Gasteiger partial charge in [-0.25, -0.2) is 4.98 Å². The Labute approximate surface area is 128 Å². The number of methoxy groups -OCH3 is 1. The van der Waals surface area contributed by atoms with Crippen LogP contribution in [0.25, 0.3) is 11.3 Å². The summed E-state index contributed by atoms with van der Waals surface area (Å²) in [4.78, 5) is 5.46. The Morgan fingerprint density at radius 1 is 1.10 bits per heavy atom. The second-order valence-corrected chi connectivity index (χ2v) is 5.50. The van der Waals surface area contributed by atoms with E-state index in [1.165, 1.54) is 0 Å². The van der Waals surface area contributed by atoms with E-state index in [-0.39, 0.29) is 0 Å². The molecule has 0 unspecified atom stereocenters. The van der Waals surface area contributed by atoms with Crippen LogP contribution in [0.15, 0.2) is 70.1 Å². The first-order valence-electron chi connectivity index (χ1n) is 6.62. The predicted molar refractivity (Wildman–Crippen MR) is 84.5 cm³/mol. The fourth-order valence-corrected chi connectivity index (χ4v) is 2.75. The summed E-state index contributed by atoms with van der Waals surface area (Å²) in [5.41, 5.74) is 1.04. The highest BCUT2D eigenvalue weighted by Gasteiger charge is 2.07. The number of hydrogen-bond donors (Lipinski definition) is 0. The summed E-state index contributed by atoms with van der Waals surface area (Å²) in [6.07, 6.45) is 1.77. The Morgan fingerprint density at radius 3 is 2.76 bits per heavy atom. The third kappa shape index (κ3) is 3.47. The number of rotatable bonds is 5. The van der Waals surface area contributed by atoms with E-state index < -0.39 is 0 Å². The largest absolute Gasteiger partial charge is 0.497 e. The molecule has 106 valence electrons. The molecule has 3 aromatic rings. The number of nitrogens with zero attached hydrogens (tertiary/aromatic N) is 1. The quantitative estimate of drug-likeness (QED) is 0.642. The maximum Gasteiger partial charge on any atom is 0.205 e. The number of oxazole rings is 1. The number of benzene rings is 2. The van der Waals surface area contributed by atoms with Gasteiger partial charge >= 0.3 is 0 Å². The summed E-state index contributed by atoms with van der Waals surface area (Å²) < 4.78 is 11.0. The smallest absolute Gasteiger partial charge is 0.205 e. The molecule has 0 fully saturated rings. The van der Waals surface area contributed by atoms with E-state index in [1.807, 2.05) is 54.6 Å². The third-order valence-electron chi connectivity index (χ3n) is 3.02. The number of hydrogen-bond acceptors (Lipinski definition) is 4. The van der Waals surface area contributed by atoms with Gasteiger partial charge in [-0.1, -0.05) is 36.4 Å². The van der Waals surface area contributed by atoms with E-state index in [1.54, 1.807) is 25.1 Å². The van der Waals surface area contributed by atoms with Crippen molar-refractivity contribution < 1.29 is 9.15 Å². The van der Waals surface area contributed by atoms with Crippen molar-refractivity contribution in [2.45, 2.75) is 10.6 Å². The van der Waals surface area contributed by atoms with Crippen LogP contribution >= 0.6 is 11.8 Å². The molecule has 0 saturated carbocycles. The summed E-state index contributed by atoms with van der Waals surface area (Å²) in [5, 5.41) is 0. The Morgan fingerprint density at radius 2 is 1.95 bits per heavy atom. The first-order chi connectivity index (χ1) is 10.3. The fraction of sp³-hybridized carbons (Fsp3) is 0.118. The second-order valence-electron chi connectivity index (χ2n) is 4.45. The van der Waals surface area contributed by atoms with Gasteiger partial charge in [-0.2, -0.15) is 0 Å². The molecule has 0 spiro atoms. The standard InChI is InChI=1S/C17H15NO2S/c1-19-14-8-5-9-15(10-14)21-12-17-18-11-16(20-17)13-6-3-2-4-7-13/h2-11H,12H2,1H3. The van der Waals surface area contributed by atoms with Crippen molar-refractivity contribution in [1.29, 1.82) is 0 Å². The zero-order chi connectivity index (χ0) is 14.5. The lowest BCUT2D eigenvalue weighted by molar-refractivity contribution is 0.413. The summed E-state index contributed by atoms with van der Waals surface area (Å²) in [6, 6.07) is 18.0. The Hall–Kier alpha value is -2.20. The Bertz CT molecular complexity index is 710. The van der Waals surface area contributed by atoms with Crippen molar-refractivity contribution in [2.75, 3.05) is 7.11 Å². The minimum atomic E-state index is 0.694. The highest BCUT2D eigenvalue weighted by atomic mass is 32.2. The summed E-state index contributed by atoms with van der Waals surface area (Å²) in [7, 11) is 1.67. The molecule has 21 heavy (non-hydrogen) atoms. The van der Waals surface area contributed by atoms with Crippen LogP contribution in [0.3, 0.4) is 0 Å². The molecule has 0 N–H and O–H groups in total. The highest BCUT2D eigenvalue weighted by Crippen LogP contribution is 2.27. The molecule has 0 radical (unpaired) electrons. The van der Waals surface area contributed by atoms with E-state index in [0.717, 1.165) is 27.9 Å². The Balaban J connectivity index is 1.67. The maximum atomic E-state index is 5.78. The van der Waals surface area contributed by atoms with Crippen molar-refractivity contribution in [2.24, 2.45) is 0 Å². The molecule has 0 saturated heterocycles. The molecule has 0 aliphatic rings. The van der Waals surface area contributed by atoms with Crippen LogP contribution in [0.4, 0.5) is 0 Å². The molecular weight excluding hydrogens is 282 g/mol.